The third-order valence-corrected chi connectivity index (χ3v) is 4.47. The zero-order chi connectivity index (χ0) is 22.5. The molecule has 0 radical (unpaired) electrons. The predicted molar refractivity (Wildman–Crippen MR) is 111 cm³/mol. The Balaban J connectivity index is 2.59. The second-order valence-electron chi connectivity index (χ2n) is 8.00. The molecular formula is C23H28N2O5. The smallest absolute Gasteiger partial charge is 0.337 e. The van der Waals surface area contributed by atoms with Crippen molar-refractivity contribution >= 4 is 11.9 Å². The van der Waals surface area contributed by atoms with Crippen LogP contribution < -0.4 is 5.32 Å². The quantitative estimate of drug-likeness (QED) is 0.565. The summed E-state index contributed by atoms with van der Waals surface area (Å²) in [4.78, 5) is 26.1. The van der Waals surface area contributed by atoms with Crippen LogP contribution in [0.1, 0.15) is 51.7 Å². The van der Waals surface area contributed by atoms with Gasteiger partial charge in [0.1, 0.15) is 12.2 Å². The van der Waals surface area contributed by atoms with E-state index in [0.29, 0.717) is 33.7 Å². The number of hydrogen-bond acceptors (Lipinski definition) is 7. The summed E-state index contributed by atoms with van der Waals surface area (Å²) in [5.74, 6) is -1.82. The Bertz CT molecular complexity index is 932. The maximum absolute atomic E-state index is 13.1. The lowest BCUT2D eigenvalue weighted by atomic mass is 9.80. The molecule has 7 nitrogen and oxygen atoms in total. The summed E-state index contributed by atoms with van der Waals surface area (Å²) in [6.45, 7) is 9.20. The number of carbonyl (C=O) groups excluding carboxylic acids is 2. The van der Waals surface area contributed by atoms with Crippen LogP contribution in [0.25, 0.3) is 0 Å². The minimum atomic E-state index is -0.732. The van der Waals surface area contributed by atoms with Crippen LogP contribution in [-0.4, -0.2) is 37.9 Å². The summed E-state index contributed by atoms with van der Waals surface area (Å²) in [6, 6.07) is 8.94. The minimum Gasteiger partial charge on any atom is -0.460 e. The van der Waals surface area contributed by atoms with Gasteiger partial charge in [-0.15, -0.1) is 0 Å². The van der Waals surface area contributed by atoms with Crippen LogP contribution in [0.15, 0.2) is 46.8 Å². The molecule has 0 bridgehead atoms. The van der Waals surface area contributed by atoms with Crippen LogP contribution in [0, 0.1) is 11.3 Å². The molecule has 30 heavy (non-hydrogen) atoms. The molecule has 0 saturated heterocycles. The first kappa shape index (κ1) is 23.2. The SMILES string of the molecule is COCCOC(=O)C1=C(C)NC(C)=C(C(=O)OC(C)(C)C)C1c1cccc(C#N)c1. The highest BCUT2D eigenvalue weighted by Crippen LogP contribution is 2.40. The van der Waals surface area contributed by atoms with Gasteiger partial charge in [0.15, 0.2) is 0 Å². The summed E-state index contributed by atoms with van der Waals surface area (Å²) in [5.41, 5.74) is 2.12. The van der Waals surface area contributed by atoms with Gasteiger partial charge in [0.05, 0.1) is 35.3 Å². The third-order valence-electron chi connectivity index (χ3n) is 4.47. The highest BCUT2D eigenvalue weighted by molar-refractivity contribution is 6.00. The van der Waals surface area contributed by atoms with Gasteiger partial charge in [-0.3, -0.25) is 0 Å². The van der Waals surface area contributed by atoms with Crippen LogP contribution >= 0.6 is 0 Å². The zero-order valence-corrected chi connectivity index (χ0v) is 18.3. The average molecular weight is 412 g/mol. The Labute approximate surface area is 177 Å². The van der Waals surface area contributed by atoms with E-state index in [-0.39, 0.29) is 13.2 Å². The number of allylic oxidation sites excluding steroid dienone is 2. The predicted octanol–water partition coefficient (Wildman–Crippen LogP) is 3.32. The molecule has 7 heteroatoms. The van der Waals surface area contributed by atoms with E-state index in [1.807, 2.05) is 0 Å². The highest BCUT2D eigenvalue weighted by atomic mass is 16.6. The van der Waals surface area contributed by atoms with E-state index in [1.54, 1.807) is 58.9 Å². The third kappa shape index (κ3) is 5.49. The van der Waals surface area contributed by atoms with E-state index in [2.05, 4.69) is 11.4 Å². The van der Waals surface area contributed by atoms with Crippen molar-refractivity contribution in [2.24, 2.45) is 0 Å². The van der Waals surface area contributed by atoms with Gasteiger partial charge in [0, 0.05) is 18.5 Å². The van der Waals surface area contributed by atoms with E-state index in [0.717, 1.165) is 0 Å². The fourth-order valence-electron chi connectivity index (χ4n) is 3.28. The normalized spacial score (nSPS) is 16.6. The molecule has 0 spiro atoms. The lowest BCUT2D eigenvalue weighted by molar-refractivity contribution is -0.150. The zero-order valence-electron chi connectivity index (χ0n) is 18.3. The van der Waals surface area contributed by atoms with Crippen LogP contribution in [0.2, 0.25) is 0 Å². The van der Waals surface area contributed by atoms with Gasteiger partial charge >= 0.3 is 11.9 Å². The number of nitrogens with zero attached hydrogens (tertiary/aromatic N) is 1. The monoisotopic (exact) mass is 412 g/mol. The molecule has 1 aromatic rings. The minimum absolute atomic E-state index is 0.0849. The average Bonchev–Trinajstić information content (AvgIpc) is 2.66. The van der Waals surface area contributed by atoms with E-state index >= 15 is 0 Å². The molecule has 1 aliphatic rings. The second-order valence-corrected chi connectivity index (χ2v) is 8.00. The van der Waals surface area contributed by atoms with Gasteiger partial charge in [0.2, 0.25) is 0 Å². The summed E-state index contributed by atoms with van der Waals surface area (Å²) in [6.07, 6.45) is 0. The molecule has 1 aliphatic heterocycles. The number of nitrogens with one attached hydrogen (secondary N) is 1. The lowest BCUT2D eigenvalue weighted by Crippen LogP contribution is -2.35. The maximum atomic E-state index is 13.1. The van der Waals surface area contributed by atoms with Crippen LogP contribution in [0.4, 0.5) is 0 Å². The Kier molecular flexibility index (Phi) is 7.41. The van der Waals surface area contributed by atoms with Crippen LogP contribution in [0.5, 0.6) is 0 Å². The first-order valence-electron chi connectivity index (χ1n) is 9.67. The largest absolute Gasteiger partial charge is 0.460 e. The Hall–Kier alpha value is -3.11. The van der Waals surface area contributed by atoms with Crippen LogP contribution in [-0.2, 0) is 23.8 Å². The van der Waals surface area contributed by atoms with Crippen LogP contribution in [0.3, 0.4) is 0 Å². The van der Waals surface area contributed by atoms with Crippen molar-refractivity contribution in [1.82, 2.24) is 5.32 Å². The van der Waals surface area contributed by atoms with E-state index < -0.39 is 23.5 Å². The molecule has 0 fully saturated rings. The Morgan fingerprint density at radius 1 is 1.10 bits per heavy atom. The Morgan fingerprint density at radius 2 is 1.73 bits per heavy atom. The van der Waals surface area contributed by atoms with Crippen molar-refractivity contribution in [3.63, 3.8) is 0 Å². The number of benzene rings is 1. The molecular weight excluding hydrogens is 384 g/mol. The summed E-state index contributed by atoms with van der Waals surface area (Å²) in [5, 5.41) is 12.4. The molecule has 0 aliphatic carbocycles. The van der Waals surface area contributed by atoms with Gasteiger partial charge < -0.3 is 19.5 Å². The van der Waals surface area contributed by atoms with Gasteiger partial charge in [0.25, 0.3) is 0 Å². The van der Waals surface area contributed by atoms with Gasteiger partial charge in [-0.2, -0.15) is 5.26 Å². The van der Waals surface area contributed by atoms with Gasteiger partial charge in [-0.25, -0.2) is 9.59 Å². The van der Waals surface area contributed by atoms with E-state index in [9.17, 15) is 14.9 Å². The summed E-state index contributed by atoms with van der Waals surface area (Å²) < 4.78 is 15.9. The fraction of sp³-hybridized carbons (Fsp3) is 0.435. The first-order chi connectivity index (χ1) is 14.1. The van der Waals surface area contributed by atoms with Crippen molar-refractivity contribution < 1.29 is 23.8 Å². The number of hydrogen-bond donors (Lipinski definition) is 1. The molecule has 0 amide bonds. The molecule has 1 N–H and O–H groups in total. The van der Waals surface area contributed by atoms with Gasteiger partial charge in [-0.05, 0) is 52.3 Å². The van der Waals surface area contributed by atoms with E-state index in [1.165, 1.54) is 7.11 Å². The standard InChI is InChI=1S/C23H28N2O5/c1-14-18(21(26)29-11-10-28-6)20(17-9-7-8-16(12-17)13-24)19(15(2)25-14)22(27)30-23(3,4)5/h7-9,12,20,25H,10-11H2,1-6H3. The topological polar surface area (TPSA) is 97.7 Å². The van der Waals surface area contributed by atoms with Crippen molar-refractivity contribution in [3.05, 3.63) is 57.9 Å². The number of nitriles is 1. The molecule has 1 atom stereocenters. The van der Waals surface area contributed by atoms with Gasteiger partial charge in [-0.1, -0.05) is 12.1 Å². The van der Waals surface area contributed by atoms with Crippen molar-refractivity contribution in [3.8, 4) is 6.07 Å². The number of carbonyl (C=O) groups is 2. The molecule has 160 valence electrons. The molecule has 0 aromatic heterocycles. The number of esters is 2. The first-order valence-corrected chi connectivity index (χ1v) is 9.67. The molecule has 1 heterocycles. The Morgan fingerprint density at radius 3 is 2.30 bits per heavy atom. The summed E-state index contributed by atoms with van der Waals surface area (Å²) in [7, 11) is 1.52. The van der Waals surface area contributed by atoms with Crippen molar-refractivity contribution in [1.29, 1.82) is 5.26 Å². The summed E-state index contributed by atoms with van der Waals surface area (Å²) >= 11 is 0. The second kappa shape index (κ2) is 9.59. The number of methoxy groups -OCH3 is 1. The molecule has 2 rings (SSSR count). The van der Waals surface area contributed by atoms with E-state index in [4.69, 9.17) is 14.2 Å². The molecule has 0 saturated carbocycles. The number of dihydropyridines is 1. The molecule has 1 unspecified atom stereocenters. The number of rotatable bonds is 6. The molecule has 1 aromatic carbocycles. The highest BCUT2D eigenvalue weighted by Gasteiger charge is 2.39. The lowest BCUT2D eigenvalue weighted by Gasteiger charge is -2.32. The number of ether oxygens (including phenoxy) is 3. The van der Waals surface area contributed by atoms with Crippen molar-refractivity contribution in [2.45, 2.75) is 46.1 Å². The fourth-order valence-corrected chi connectivity index (χ4v) is 3.28. The maximum Gasteiger partial charge on any atom is 0.337 e. The van der Waals surface area contributed by atoms with Crippen molar-refractivity contribution in [2.75, 3.05) is 20.3 Å².